The van der Waals surface area contributed by atoms with Crippen LogP contribution in [0.25, 0.3) is 0 Å². The molecular weight excluding hydrogens is 256 g/mol. The van der Waals surface area contributed by atoms with Crippen molar-refractivity contribution in [3.05, 3.63) is 0 Å². The van der Waals surface area contributed by atoms with Gasteiger partial charge >= 0.3 is 5.97 Å². The number of fused-ring (bicyclic) bond motifs is 2. The van der Waals surface area contributed by atoms with E-state index in [1.807, 2.05) is 4.90 Å². The van der Waals surface area contributed by atoms with Crippen molar-refractivity contribution in [1.82, 2.24) is 4.90 Å². The summed E-state index contributed by atoms with van der Waals surface area (Å²) in [7, 11) is 0. The molecule has 114 valence electrons. The minimum absolute atomic E-state index is 0.0694. The Balaban J connectivity index is 1.98. The highest BCUT2D eigenvalue weighted by atomic mass is 16.4. The van der Waals surface area contributed by atoms with Gasteiger partial charge in [-0.3, -0.25) is 9.59 Å². The Hall–Kier alpha value is -1.10. The highest BCUT2D eigenvalue weighted by Crippen LogP contribution is 2.40. The van der Waals surface area contributed by atoms with Crippen molar-refractivity contribution in [2.24, 2.45) is 17.6 Å². The molecule has 5 heteroatoms. The molecule has 2 unspecified atom stereocenters. The number of carboxylic acids is 1. The van der Waals surface area contributed by atoms with Crippen molar-refractivity contribution >= 4 is 11.9 Å². The van der Waals surface area contributed by atoms with Crippen LogP contribution in [0.1, 0.15) is 52.4 Å². The van der Waals surface area contributed by atoms with E-state index in [0.717, 1.165) is 25.7 Å². The predicted molar refractivity (Wildman–Crippen MR) is 76.1 cm³/mol. The molecule has 5 nitrogen and oxygen atoms in total. The molecule has 2 rings (SSSR count). The van der Waals surface area contributed by atoms with Crippen LogP contribution in [0.5, 0.6) is 0 Å². The molecule has 2 fully saturated rings. The van der Waals surface area contributed by atoms with Crippen LogP contribution in [0.3, 0.4) is 0 Å². The molecule has 0 aromatic carbocycles. The second-order valence-electron chi connectivity index (χ2n) is 6.80. The molecule has 0 aromatic rings. The van der Waals surface area contributed by atoms with Crippen LogP contribution in [-0.4, -0.2) is 40.0 Å². The zero-order chi connectivity index (χ0) is 14.9. The zero-order valence-corrected chi connectivity index (χ0v) is 12.4. The number of carboxylic acid groups (broad SMARTS) is 1. The summed E-state index contributed by atoms with van der Waals surface area (Å²) in [6.07, 6.45) is 4.59. The molecule has 2 aliphatic rings. The monoisotopic (exact) mass is 282 g/mol. The lowest BCUT2D eigenvalue weighted by Crippen LogP contribution is -2.53. The zero-order valence-electron chi connectivity index (χ0n) is 12.4. The number of hydrogen-bond donors (Lipinski definition) is 2. The molecule has 0 radical (unpaired) electrons. The van der Waals surface area contributed by atoms with Gasteiger partial charge in [-0.2, -0.15) is 0 Å². The molecule has 0 aliphatic carbocycles. The number of piperidine rings is 1. The Morgan fingerprint density at radius 3 is 2.25 bits per heavy atom. The van der Waals surface area contributed by atoms with Crippen molar-refractivity contribution in [2.75, 3.05) is 0 Å². The highest BCUT2D eigenvalue weighted by molar-refractivity contribution is 5.82. The van der Waals surface area contributed by atoms with Crippen LogP contribution in [-0.2, 0) is 9.59 Å². The van der Waals surface area contributed by atoms with Crippen molar-refractivity contribution in [3.8, 4) is 0 Å². The first kappa shape index (κ1) is 15.3. The van der Waals surface area contributed by atoms with Crippen LogP contribution in [0, 0.1) is 11.8 Å². The Morgan fingerprint density at radius 1 is 1.25 bits per heavy atom. The Bertz CT molecular complexity index is 369. The van der Waals surface area contributed by atoms with Gasteiger partial charge in [0.15, 0.2) is 0 Å². The molecule has 2 aliphatic heterocycles. The Kier molecular flexibility index (Phi) is 4.68. The molecule has 3 atom stereocenters. The molecule has 2 heterocycles. The number of carbonyl (C=O) groups excluding carboxylic acids is 1. The summed E-state index contributed by atoms with van der Waals surface area (Å²) in [5, 5.41) is 8.92. The lowest BCUT2D eigenvalue weighted by molar-refractivity contribution is -0.140. The first-order valence-electron chi connectivity index (χ1n) is 7.68. The SMILES string of the molecule is CC(C)C[C@@H](N)C(=O)N1C2CCC1CC(CC(=O)O)C2. The number of nitrogens with zero attached hydrogens (tertiary/aromatic N) is 1. The second-order valence-corrected chi connectivity index (χ2v) is 6.80. The van der Waals surface area contributed by atoms with E-state index < -0.39 is 12.0 Å². The van der Waals surface area contributed by atoms with Crippen LogP contribution >= 0.6 is 0 Å². The lowest BCUT2D eigenvalue weighted by Gasteiger charge is -2.40. The molecule has 0 spiro atoms. The third-order valence-corrected chi connectivity index (χ3v) is 4.59. The van der Waals surface area contributed by atoms with Crippen molar-refractivity contribution in [3.63, 3.8) is 0 Å². The summed E-state index contributed by atoms with van der Waals surface area (Å²) >= 11 is 0. The number of nitrogens with two attached hydrogens (primary N) is 1. The van der Waals surface area contributed by atoms with Crippen LogP contribution in [0.2, 0.25) is 0 Å². The van der Waals surface area contributed by atoms with E-state index in [-0.39, 0.29) is 30.3 Å². The largest absolute Gasteiger partial charge is 0.481 e. The second kappa shape index (κ2) is 6.12. The van der Waals surface area contributed by atoms with Gasteiger partial charge in [-0.25, -0.2) is 0 Å². The maximum Gasteiger partial charge on any atom is 0.303 e. The predicted octanol–water partition coefficient (Wildman–Crippen LogP) is 1.60. The highest BCUT2D eigenvalue weighted by Gasteiger charge is 2.44. The van der Waals surface area contributed by atoms with E-state index in [4.69, 9.17) is 10.8 Å². The normalized spacial score (nSPS) is 30.6. The average molecular weight is 282 g/mol. The topological polar surface area (TPSA) is 83.6 Å². The number of carbonyl (C=O) groups is 2. The summed E-state index contributed by atoms with van der Waals surface area (Å²) in [5.74, 6) is -0.0304. The van der Waals surface area contributed by atoms with Gasteiger partial charge in [0.05, 0.1) is 6.04 Å². The van der Waals surface area contributed by atoms with E-state index in [1.165, 1.54) is 0 Å². The number of aliphatic carboxylic acids is 1. The Morgan fingerprint density at radius 2 is 1.80 bits per heavy atom. The molecule has 3 N–H and O–H groups in total. The molecule has 20 heavy (non-hydrogen) atoms. The molecule has 1 amide bonds. The smallest absolute Gasteiger partial charge is 0.303 e. The summed E-state index contributed by atoms with van der Waals surface area (Å²) in [6.45, 7) is 4.14. The van der Waals surface area contributed by atoms with Gasteiger partial charge in [0, 0.05) is 18.5 Å². The minimum Gasteiger partial charge on any atom is -0.481 e. The molecule has 2 saturated heterocycles. The molecule has 0 aromatic heterocycles. The summed E-state index contributed by atoms with van der Waals surface area (Å²) in [5.41, 5.74) is 6.03. The third-order valence-electron chi connectivity index (χ3n) is 4.59. The van der Waals surface area contributed by atoms with Crippen LogP contribution in [0.15, 0.2) is 0 Å². The van der Waals surface area contributed by atoms with Gasteiger partial charge < -0.3 is 15.7 Å². The first-order chi connectivity index (χ1) is 9.38. The molecule has 0 saturated carbocycles. The van der Waals surface area contributed by atoms with Gasteiger partial charge in [0.25, 0.3) is 0 Å². The summed E-state index contributed by atoms with van der Waals surface area (Å²) in [6, 6.07) is 0.0155. The first-order valence-corrected chi connectivity index (χ1v) is 7.68. The van der Waals surface area contributed by atoms with Gasteiger partial charge in [-0.15, -0.1) is 0 Å². The summed E-state index contributed by atoms with van der Waals surface area (Å²) in [4.78, 5) is 25.3. The van der Waals surface area contributed by atoms with Gasteiger partial charge in [0.2, 0.25) is 5.91 Å². The van der Waals surface area contributed by atoms with Gasteiger partial charge in [-0.05, 0) is 43.9 Å². The van der Waals surface area contributed by atoms with Crippen LogP contribution < -0.4 is 5.73 Å². The van der Waals surface area contributed by atoms with E-state index in [9.17, 15) is 9.59 Å². The van der Waals surface area contributed by atoms with E-state index in [1.54, 1.807) is 0 Å². The number of hydrogen-bond acceptors (Lipinski definition) is 3. The standard InChI is InChI=1S/C15H26N2O3/c1-9(2)5-13(16)15(20)17-11-3-4-12(17)7-10(6-11)8-14(18)19/h9-13H,3-8,16H2,1-2H3,(H,18,19)/t10?,11?,12?,13-/m1/s1. The number of rotatable bonds is 5. The van der Waals surface area contributed by atoms with Crippen molar-refractivity contribution in [1.29, 1.82) is 0 Å². The van der Waals surface area contributed by atoms with E-state index in [0.29, 0.717) is 12.3 Å². The van der Waals surface area contributed by atoms with Crippen molar-refractivity contribution < 1.29 is 14.7 Å². The van der Waals surface area contributed by atoms with E-state index in [2.05, 4.69) is 13.8 Å². The average Bonchev–Trinajstić information content (AvgIpc) is 2.58. The van der Waals surface area contributed by atoms with Crippen molar-refractivity contribution in [2.45, 2.75) is 70.5 Å². The lowest BCUT2D eigenvalue weighted by atomic mass is 9.87. The number of amides is 1. The van der Waals surface area contributed by atoms with Gasteiger partial charge in [-0.1, -0.05) is 13.8 Å². The minimum atomic E-state index is -0.731. The van der Waals surface area contributed by atoms with E-state index >= 15 is 0 Å². The maximum atomic E-state index is 12.5. The summed E-state index contributed by atoms with van der Waals surface area (Å²) < 4.78 is 0. The quantitative estimate of drug-likeness (QED) is 0.802. The third kappa shape index (κ3) is 3.32. The maximum absolute atomic E-state index is 12.5. The fraction of sp³-hybridized carbons (Fsp3) is 0.867. The fourth-order valence-corrected chi connectivity index (χ4v) is 3.86. The Labute approximate surface area is 120 Å². The fourth-order valence-electron chi connectivity index (χ4n) is 3.86. The van der Waals surface area contributed by atoms with Gasteiger partial charge in [0.1, 0.15) is 0 Å². The molecular formula is C15H26N2O3. The molecule has 2 bridgehead atoms. The van der Waals surface area contributed by atoms with Crippen LogP contribution in [0.4, 0.5) is 0 Å².